The first-order valence-corrected chi connectivity index (χ1v) is 10.1. The predicted molar refractivity (Wildman–Crippen MR) is 113 cm³/mol. The topological polar surface area (TPSA) is 34.9 Å². The number of hydrogen-bond donors (Lipinski definition) is 0. The Morgan fingerprint density at radius 1 is 1.08 bits per heavy atom. The van der Waals surface area contributed by atoms with E-state index in [2.05, 4.69) is 20.9 Å². The molecule has 0 saturated carbocycles. The molecule has 0 spiro atoms. The van der Waals surface area contributed by atoms with E-state index in [1.807, 2.05) is 35.7 Å². The third-order valence-corrected chi connectivity index (χ3v) is 6.21. The van der Waals surface area contributed by atoms with Crippen LogP contribution in [0.25, 0.3) is 21.3 Å². The molecule has 2 heterocycles. The van der Waals surface area contributed by atoms with Gasteiger partial charge in [-0.15, -0.1) is 11.3 Å². The van der Waals surface area contributed by atoms with Crippen LogP contribution in [0.2, 0.25) is 10.0 Å². The third-order valence-electron chi connectivity index (χ3n) is 4.05. The van der Waals surface area contributed by atoms with Crippen LogP contribution in [0, 0.1) is 0 Å². The summed E-state index contributed by atoms with van der Waals surface area (Å²) in [6, 6.07) is 13.3. The first kappa shape index (κ1) is 17.7. The van der Waals surface area contributed by atoms with Crippen LogP contribution in [-0.2, 0) is 6.54 Å². The summed E-state index contributed by atoms with van der Waals surface area (Å²) < 4.78 is 2.59. The quantitative estimate of drug-likeness (QED) is 0.358. The van der Waals surface area contributed by atoms with Crippen LogP contribution in [0.4, 0.5) is 0 Å². The van der Waals surface area contributed by atoms with Gasteiger partial charge < -0.3 is 0 Å². The zero-order chi connectivity index (χ0) is 18.3. The van der Waals surface area contributed by atoms with Gasteiger partial charge in [0.1, 0.15) is 4.83 Å². The zero-order valence-corrected chi connectivity index (χ0v) is 17.2. The summed E-state index contributed by atoms with van der Waals surface area (Å²) in [6.07, 6.45) is 1.58. The lowest BCUT2D eigenvalue weighted by molar-refractivity contribution is 0.749. The van der Waals surface area contributed by atoms with Crippen molar-refractivity contribution in [2.45, 2.75) is 6.54 Å². The normalized spacial score (nSPS) is 11.2. The van der Waals surface area contributed by atoms with Gasteiger partial charge in [0, 0.05) is 15.4 Å². The number of fused-ring (bicyclic) bond motifs is 1. The highest BCUT2D eigenvalue weighted by Gasteiger charge is 2.13. The van der Waals surface area contributed by atoms with E-state index >= 15 is 0 Å². The molecule has 0 aliphatic heterocycles. The highest BCUT2D eigenvalue weighted by molar-refractivity contribution is 9.10. The highest BCUT2D eigenvalue weighted by atomic mass is 79.9. The molecule has 0 aliphatic carbocycles. The Morgan fingerprint density at radius 2 is 1.85 bits per heavy atom. The van der Waals surface area contributed by atoms with Crippen molar-refractivity contribution in [3.8, 4) is 11.1 Å². The minimum atomic E-state index is -0.0692. The maximum atomic E-state index is 13.1. The van der Waals surface area contributed by atoms with Crippen molar-refractivity contribution >= 4 is 60.7 Å². The second-order valence-corrected chi connectivity index (χ2v) is 8.35. The summed E-state index contributed by atoms with van der Waals surface area (Å²) in [4.78, 5) is 18.3. The number of nitrogens with zero attached hydrogens (tertiary/aromatic N) is 2. The first-order chi connectivity index (χ1) is 12.5. The number of rotatable bonds is 3. The van der Waals surface area contributed by atoms with Gasteiger partial charge in [0.2, 0.25) is 0 Å². The van der Waals surface area contributed by atoms with Crippen LogP contribution in [0.1, 0.15) is 5.56 Å². The summed E-state index contributed by atoms with van der Waals surface area (Å²) in [7, 11) is 0. The Balaban J connectivity index is 1.81. The number of thiophene rings is 1. The van der Waals surface area contributed by atoms with Gasteiger partial charge in [-0.3, -0.25) is 9.36 Å². The van der Waals surface area contributed by atoms with E-state index < -0.39 is 0 Å². The van der Waals surface area contributed by atoms with E-state index in [0.717, 1.165) is 26.0 Å². The molecular weight excluding hydrogens is 455 g/mol. The van der Waals surface area contributed by atoms with Crippen LogP contribution in [-0.4, -0.2) is 9.55 Å². The molecule has 2 aromatic carbocycles. The van der Waals surface area contributed by atoms with Crippen molar-refractivity contribution < 1.29 is 0 Å². The van der Waals surface area contributed by atoms with Gasteiger partial charge in [0.05, 0.1) is 28.3 Å². The molecule has 7 heteroatoms. The fourth-order valence-corrected chi connectivity index (χ4v) is 4.25. The van der Waals surface area contributed by atoms with Gasteiger partial charge in [0.25, 0.3) is 5.56 Å². The molecule has 0 bridgehead atoms. The summed E-state index contributed by atoms with van der Waals surface area (Å²) in [5.41, 5.74) is 2.72. The molecule has 0 aliphatic rings. The smallest absolute Gasteiger partial charge is 0.263 e. The van der Waals surface area contributed by atoms with Gasteiger partial charge >= 0.3 is 0 Å². The van der Waals surface area contributed by atoms with E-state index in [1.165, 1.54) is 11.3 Å². The lowest BCUT2D eigenvalue weighted by atomic mass is 10.1. The van der Waals surface area contributed by atoms with Crippen molar-refractivity contribution in [3.05, 3.63) is 84.6 Å². The SMILES string of the molecule is O=c1c2c(-c3ccc(Br)cc3)csc2ncn1Cc1ccc(Cl)c(Cl)c1. The number of halogens is 3. The van der Waals surface area contributed by atoms with Crippen molar-refractivity contribution in [1.82, 2.24) is 9.55 Å². The Kier molecular flexibility index (Phi) is 4.88. The fourth-order valence-electron chi connectivity index (χ4n) is 2.76. The van der Waals surface area contributed by atoms with Crippen molar-refractivity contribution in [3.63, 3.8) is 0 Å². The molecule has 0 atom stereocenters. The van der Waals surface area contributed by atoms with Crippen molar-refractivity contribution in [2.75, 3.05) is 0 Å². The van der Waals surface area contributed by atoms with Crippen LogP contribution < -0.4 is 5.56 Å². The monoisotopic (exact) mass is 464 g/mol. The van der Waals surface area contributed by atoms with Crippen LogP contribution in [0.3, 0.4) is 0 Å². The highest BCUT2D eigenvalue weighted by Crippen LogP contribution is 2.31. The fraction of sp³-hybridized carbons (Fsp3) is 0.0526. The van der Waals surface area contributed by atoms with Crippen LogP contribution >= 0.6 is 50.5 Å². The van der Waals surface area contributed by atoms with E-state index in [1.54, 1.807) is 23.0 Å². The minimum Gasteiger partial charge on any atom is -0.294 e. The average Bonchev–Trinajstić information content (AvgIpc) is 3.06. The molecular formula is C19H11BrCl2N2OS. The lowest BCUT2D eigenvalue weighted by Gasteiger charge is -2.07. The first-order valence-electron chi connectivity index (χ1n) is 7.69. The number of benzene rings is 2. The zero-order valence-electron chi connectivity index (χ0n) is 13.2. The maximum absolute atomic E-state index is 13.1. The lowest BCUT2D eigenvalue weighted by Crippen LogP contribution is -2.21. The Bertz CT molecular complexity index is 1170. The van der Waals surface area contributed by atoms with Gasteiger partial charge in [-0.05, 0) is 35.4 Å². The van der Waals surface area contributed by atoms with Gasteiger partial charge in [-0.25, -0.2) is 4.98 Å². The van der Waals surface area contributed by atoms with Crippen molar-refractivity contribution in [1.29, 1.82) is 0 Å². The standard InChI is InChI=1S/C19H11BrCl2N2OS/c20-13-4-2-12(3-5-13)14-9-26-18-17(14)19(25)24(10-23-18)8-11-1-6-15(21)16(22)7-11/h1-7,9-10H,8H2. The predicted octanol–water partition coefficient (Wildman–Crippen LogP) is 6.24. The summed E-state index contributed by atoms with van der Waals surface area (Å²) >= 11 is 17.0. The molecule has 0 amide bonds. The maximum Gasteiger partial charge on any atom is 0.263 e. The Hall–Kier alpha value is -1.66. The largest absolute Gasteiger partial charge is 0.294 e. The molecule has 0 N–H and O–H groups in total. The molecule has 0 saturated heterocycles. The van der Waals surface area contributed by atoms with Gasteiger partial charge in [0.15, 0.2) is 0 Å². The van der Waals surface area contributed by atoms with E-state index in [-0.39, 0.29) is 5.56 Å². The number of hydrogen-bond acceptors (Lipinski definition) is 3. The van der Waals surface area contributed by atoms with Crippen LogP contribution in [0.5, 0.6) is 0 Å². The Morgan fingerprint density at radius 3 is 2.58 bits per heavy atom. The molecule has 130 valence electrons. The van der Waals surface area contributed by atoms with E-state index in [9.17, 15) is 4.79 Å². The number of aromatic nitrogens is 2. The summed E-state index contributed by atoms with van der Waals surface area (Å²) in [5.74, 6) is 0. The Labute approximate surface area is 172 Å². The second kappa shape index (κ2) is 7.16. The molecule has 26 heavy (non-hydrogen) atoms. The molecule has 4 aromatic rings. The molecule has 0 fully saturated rings. The van der Waals surface area contributed by atoms with E-state index in [0.29, 0.717) is 22.0 Å². The molecule has 0 radical (unpaired) electrons. The van der Waals surface area contributed by atoms with Gasteiger partial charge in [-0.1, -0.05) is 57.3 Å². The average molecular weight is 466 g/mol. The summed E-state index contributed by atoms with van der Waals surface area (Å²) in [6.45, 7) is 0.383. The molecule has 0 unspecified atom stereocenters. The summed E-state index contributed by atoms with van der Waals surface area (Å²) in [5, 5.41) is 3.58. The molecule has 3 nitrogen and oxygen atoms in total. The van der Waals surface area contributed by atoms with Gasteiger partial charge in [-0.2, -0.15) is 0 Å². The van der Waals surface area contributed by atoms with Crippen LogP contribution in [0.15, 0.2) is 63.4 Å². The second-order valence-electron chi connectivity index (χ2n) is 5.76. The minimum absolute atomic E-state index is 0.0692. The molecule has 2 aromatic heterocycles. The van der Waals surface area contributed by atoms with E-state index in [4.69, 9.17) is 23.2 Å². The molecule has 4 rings (SSSR count). The van der Waals surface area contributed by atoms with Crippen molar-refractivity contribution in [2.24, 2.45) is 0 Å². The third kappa shape index (κ3) is 3.32.